The molecular weight excluding hydrogens is 354 g/mol. The minimum absolute atomic E-state index is 0. The minimum atomic E-state index is -4.64. The fourth-order valence-electron chi connectivity index (χ4n) is 0.288. The molecule has 0 rings (SSSR count). The van der Waals surface area contributed by atoms with Crippen LogP contribution in [0.3, 0.4) is 0 Å². The number of aliphatic carboxylic acids is 1. The Morgan fingerprint density at radius 1 is 1.47 bits per heavy atom. The molecule has 88 valence electrons. The third kappa shape index (κ3) is 31.4. The number of hydrogen-bond acceptors (Lipinski definition) is 3. The predicted molar refractivity (Wildman–Crippen MR) is 55.0 cm³/mol. The molecular formula is C4H14BaN3O6P. The number of hydrogen-bond donors (Lipinski definition) is 6. The van der Waals surface area contributed by atoms with Gasteiger partial charge in [-0.05, 0) is 0 Å². The second kappa shape index (κ2) is 9.63. The molecule has 0 atom stereocenters. The predicted octanol–water partition coefficient (Wildman–Crippen LogP) is -2.95. The number of carbonyl (C=O) groups is 1. The normalized spacial score (nSPS) is 9.07. The summed E-state index contributed by atoms with van der Waals surface area (Å²) in [5.41, 5.74) is 4.93. The molecule has 0 fully saturated rings. The molecule has 0 heterocycles. The molecule has 9 nitrogen and oxygen atoms in total. The van der Waals surface area contributed by atoms with E-state index in [1.807, 2.05) is 0 Å². The van der Waals surface area contributed by atoms with Gasteiger partial charge >= 0.3 is 62.7 Å². The van der Waals surface area contributed by atoms with E-state index in [2.05, 4.69) is 0 Å². The number of guanidine groups is 1. The average molecular weight is 368 g/mol. The van der Waals surface area contributed by atoms with Gasteiger partial charge in [-0.25, -0.2) is 4.57 Å². The third-order valence-electron chi connectivity index (χ3n) is 0.784. The van der Waals surface area contributed by atoms with Gasteiger partial charge in [0.1, 0.15) is 6.54 Å². The van der Waals surface area contributed by atoms with Crippen molar-refractivity contribution in [2.24, 2.45) is 5.73 Å². The topological polar surface area (TPSA) is 168 Å². The zero-order chi connectivity index (χ0) is 11.9. The number of carboxylic acid groups (broad SMARTS) is 1. The van der Waals surface area contributed by atoms with E-state index in [-0.39, 0.29) is 61.4 Å². The van der Waals surface area contributed by atoms with Crippen molar-refractivity contribution in [2.75, 3.05) is 13.6 Å². The van der Waals surface area contributed by atoms with Gasteiger partial charge in [-0.3, -0.25) is 10.2 Å². The average Bonchev–Trinajstić information content (AvgIpc) is 1.80. The summed E-state index contributed by atoms with van der Waals surface area (Å²) in [6.45, 7) is -0.227. The van der Waals surface area contributed by atoms with E-state index < -0.39 is 13.8 Å². The van der Waals surface area contributed by atoms with Crippen molar-refractivity contribution in [2.45, 2.75) is 0 Å². The standard InChI is InChI=1S/C4H9N3O2.Ba.H3O4P.2H/c1-7(4(5)6)2-3(8)9;;1-5(2,3)4;;/h2H2,1H3,(H3,5,6)(H,8,9);;(H3,1,2,3,4);;. The second-order valence-corrected chi connectivity index (χ2v) is 3.17. The molecule has 0 aliphatic carbocycles. The van der Waals surface area contributed by atoms with Gasteiger partial charge < -0.3 is 30.4 Å². The van der Waals surface area contributed by atoms with Crippen molar-refractivity contribution >= 4 is 68.6 Å². The van der Waals surface area contributed by atoms with Gasteiger partial charge in [-0.2, -0.15) is 0 Å². The van der Waals surface area contributed by atoms with Gasteiger partial charge in [0.2, 0.25) is 0 Å². The van der Waals surface area contributed by atoms with E-state index in [4.69, 9.17) is 35.5 Å². The van der Waals surface area contributed by atoms with Crippen molar-refractivity contribution < 1.29 is 29.1 Å². The molecule has 0 saturated heterocycles. The summed E-state index contributed by atoms with van der Waals surface area (Å²) in [4.78, 5) is 32.6. The van der Waals surface area contributed by atoms with Crippen LogP contribution in [-0.4, -0.2) is 99.1 Å². The number of nitrogens with zero attached hydrogens (tertiary/aromatic N) is 1. The summed E-state index contributed by atoms with van der Waals surface area (Å²) in [5.74, 6) is -1.23. The number of nitrogens with one attached hydrogen (secondary N) is 1. The van der Waals surface area contributed by atoms with Crippen LogP contribution in [-0.2, 0) is 9.36 Å². The van der Waals surface area contributed by atoms with Crippen LogP contribution in [0.1, 0.15) is 0 Å². The third-order valence-corrected chi connectivity index (χ3v) is 0.784. The number of carboxylic acids is 1. The Balaban J connectivity index is -0.000000208. The van der Waals surface area contributed by atoms with Crippen LogP contribution in [0.25, 0.3) is 0 Å². The Morgan fingerprint density at radius 2 is 1.73 bits per heavy atom. The van der Waals surface area contributed by atoms with E-state index in [0.29, 0.717) is 0 Å². The van der Waals surface area contributed by atoms with Crippen LogP contribution >= 0.6 is 7.82 Å². The van der Waals surface area contributed by atoms with Gasteiger partial charge in [0.05, 0.1) is 0 Å². The zero-order valence-corrected chi connectivity index (χ0v) is 8.18. The second-order valence-electron chi connectivity index (χ2n) is 2.15. The number of phosphoric acid groups is 1. The van der Waals surface area contributed by atoms with Crippen molar-refractivity contribution in [3.05, 3.63) is 0 Å². The van der Waals surface area contributed by atoms with Gasteiger partial charge in [0.25, 0.3) is 0 Å². The van der Waals surface area contributed by atoms with Gasteiger partial charge in [-0.15, -0.1) is 0 Å². The van der Waals surface area contributed by atoms with Gasteiger partial charge in [0, 0.05) is 7.05 Å². The maximum atomic E-state index is 9.92. The van der Waals surface area contributed by atoms with E-state index in [1.165, 1.54) is 7.05 Å². The molecule has 7 N–H and O–H groups in total. The van der Waals surface area contributed by atoms with Crippen LogP contribution in [0.5, 0.6) is 0 Å². The zero-order valence-electron chi connectivity index (χ0n) is 7.28. The Labute approximate surface area is 126 Å². The maximum absolute atomic E-state index is 9.92. The Bertz CT molecular complexity index is 246. The number of nitrogens with two attached hydrogens (primary N) is 1. The SMILES string of the molecule is CN(CC(=O)O)C(=N)N.O=P(O)(O)O.[BaH2]. The molecule has 0 aliphatic rings. The van der Waals surface area contributed by atoms with E-state index in [9.17, 15) is 4.79 Å². The van der Waals surface area contributed by atoms with Crippen LogP contribution in [0.15, 0.2) is 0 Å². The Hall–Kier alpha value is 0.421. The molecule has 0 saturated carbocycles. The fourth-order valence-corrected chi connectivity index (χ4v) is 0.288. The first-order chi connectivity index (χ1) is 6.04. The fraction of sp³-hybridized carbons (Fsp3) is 0.500. The van der Waals surface area contributed by atoms with Crippen LogP contribution in [0.2, 0.25) is 0 Å². The van der Waals surface area contributed by atoms with Crippen molar-refractivity contribution in [1.82, 2.24) is 4.90 Å². The Morgan fingerprint density at radius 3 is 1.80 bits per heavy atom. The summed E-state index contributed by atoms with van der Waals surface area (Å²) in [6.07, 6.45) is 0. The first kappa shape index (κ1) is 20.8. The molecule has 15 heavy (non-hydrogen) atoms. The molecule has 0 aromatic carbocycles. The van der Waals surface area contributed by atoms with Gasteiger partial charge in [0.15, 0.2) is 5.96 Å². The first-order valence-corrected chi connectivity index (χ1v) is 4.65. The quantitative estimate of drug-likeness (QED) is 0.130. The van der Waals surface area contributed by atoms with E-state index in [0.717, 1.165) is 4.90 Å². The number of rotatable bonds is 2. The summed E-state index contributed by atoms with van der Waals surface area (Å²) >= 11 is 0. The van der Waals surface area contributed by atoms with Crippen LogP contribution in [0, 0.1) is 5.41 Å². The van der Waals surface area contributed by atoms with Gasteiger partial charge in [-0.1, -0.05) is 0 Å². The molecule has 0 aliphatic heterocycles. The Kier molecular flexibility index (Phi) is 13.4. The molecule has 0 aromatic heterocycles. The summed E-state index contributed by atoms with van der Waals surface area (Å²) in [5, 5.41) is 14.9. The van der Waals surface area contributed by atoms with Crippen LogP contribution in [0.4, 0.5) is 0 Å². The van der Waals surface area contributed by atoms with Crippen LogP contribution < -0.4 is 5.73 Å². The summed E-state index contributed by atoms with van der Waals surface area (Å²) in [7, 11) is -3.20. The molecule has 0 bridgehead atoms. The van der Waals surface area contributed by atoms with Crippen molar-refractivity contribution in [3.63, 3.8) is 0 Å². The summed E-state index contributed by atoms with van der Waals surface area (Å²) < 4.78 is 8.88. The van der Waals surface area contributed by atoms with E-state index in [1.54, 1.807) is 0 Å². The van der Waals surface area contributed by atoms with E-state index >= 15 is 0 Å². The molecule has 0 amide bonds. The summed E-state index contributed by atoms with van der Waals surface area (Å²) in [6, 6.07) is 0. The molecule has 0 aromatic rings. The molecule has 0 radical (unpaired) electrons. The molecule has 0 unspecified atom stereocenters. The monoisotopic (exact) mass is 369 g/mol. The molecule has 11 heteroatoms. The number of likely N-dealkylation sites (N-methyl/N-ethyl adjacent to an activating group) is 1. The first-order valence-electron chi connectivity index (χ1n) is 3.09. The van der Waals surface area contributed by atoms with Crippen molar-refractivity contribution in [1.29, 1.82) is 5.41 Å². The van der Waals surface area contributed by atoms with Crippen molar-refractivity contribution in [3.8, 4) is 0 Å². The molecule has 0 spiro atoms.